The molecular weight excluding hydrogens is 300 g/mol. The van der Waals surface area contributed by atoms with E-state index in [2.05, 4.69) is 16.7 Å². The first kappa shape index (κ1) is 15.4. The summed E-state index contributed by atoms with van der Waals surface area (Å²) in [5, 5.41) is 7.35. The number of carbonyl (C=O) groups is 1. The van der Waals surface area contributed by atoms with E-state index in [4.69, 9.17) is 9.47 Å². The largest absolute Gasteiger partial charge is 0.383 e. The highest BCUT2D eigenvalue weighted by atomic mass is 32.1. The van der Waals surface area contributed by atoms with Crippen molar-refractivity contribution in [3.63, 3.8) is 0 Å². The number of amides is 1. The Balaban J connectivity index is 1.95. The molecule has 1 aromatic heterocycles. The third kappa shape index (κ3) is 3.15. The van der Waals surface area contributed by atoms with E-state index < -0.39 is 0 Å². The molecule has 1 amide bonds. The van der Waals surface area contributed by atoms with Gasteiger partial charge in [-0.15, -0.1) is 11.3 Å². The Labute approximate surface area is 133 Å². The molecule has 0 aliphatic carbocycles. The lowest BCUT2D eigenvalue weighted by atomic mass is 10.0. The standard InChI is InChI=1S/C16H20N2O3S/c1-20-8-7-18-16(19)15-14(12-10-17-6-9-21-12)11-4-2-3-5-13(11)22-15/h2-5,12,17H,6-10H2,1H3,(H,18,19)/t12-/m1/s1. The number of morpholine rings is 1. The number of rotatable bonds is 5. The van der Waals surface area contributed by atoms with E-state index in [-0.39, 0.29) is 12.0 Å². The van der Waals surface area contributed by atoms with Crippen LogP contribution in [-0.2, 0) is 9.47 Å². The van der Waals surface area contributed by atoms with Gasteiger partial charge in [0.15, 0.2) is 0 Å². The number of benzene rings is 1. The molecule has 0 spiro atoms. The summed E-state index contributed by atoms with van der Waals surface area (Å²) >= 11 is 1.52. The molecule has 0 bridgehead atoms. The summed E-state index contributed by atoms with van der Waals surface area (Å²) in [4.78, 5) is 13.3. The molecule has 0 saturated carbocycles. The van der Waals surface area contributed by atoms with Gasteiger partial charge in [-0.25, -0.2) is 0 Å². The van der Waals surface area contributed by atoms with E-state index in [0.29, 0.717) is 19.8 Å². The average molecular weight is 320 g/mol. The minimum absolute atomic E-state index is 0.0533. The predicted molar refractivity (Wildman–Crippen MR) is 87.6 cm³/mol. The molecule has 22 heavy (non-hydrogen) atoms. The Morgan fingerprint density at radius 2 is 2.36 bits per heavy atom. The molecule has 2 heterocycles. The van der Waals surface area contributed by atoms with Crippen molar-refractivity contribution in [3.05, 3.63) is 34.7 Å². The van der Waals surface area contributed by atoms with E-state index in [1.165, 1.54) is 11.3 Å². The van der Waals surface area contributed by atoms with Crippen LogP contribution in [0.25, 0.3) is 10.1 Å². The van der Waals surface area contributed by atoms with Gasteiger partial charge in [-0.2, -0.15) is 0 Å². The van der Waals surface area contributed by atoms with Gasteiger partial charge < -0.3 is 20.1 Å². The first-order valence-electron chi connectivity index (χ1n) is 7.42. The third-order valence-electron chi connectivity index (χ3n) is 3.68. The number of ether oxygens (including phenoxy) is 2. The van der Waals surface area contributed by atoms with Crippen molar-refractivity contribution in [1.82, 2.24) is 10.6 Å². The summed E-state index contributed by atoms with van der Waals surface area (Å²) in [6, 6.07) is 8.10. The fourth-order valence-electron chi connectivity index (χ4n) is 2.65. The first-order chi connectivity index (χ1) is 10.8. The molecule has 2 aromatic rings. The van der Waals surface area contributed by atoms with E-state index >= 15 is 0 Å². The quantitative estimate of drug-likeness (QED) is 0.827. The molecule has 0 radical (unpaired) electrons. The fourth-order valence-corrected chi connectivity index (χ4v) is 3.82. The van der Waals surface area contributed by atoms with Gasteiger partial charge in [-0.1, -0.05) is 18.2 Å². The van der Waals surface area contributed by atoms with Gasteiger partial charge in [0.2, 0.25) is 0 Å². The number of nitrogens with one attached hydrogen (secondary N) is 2. The number of hydrogen-bond acceptors (Lipinski definition) is 5. The molecule has 6 heteroatoms. The van der Waals surface area contributed by atoms with Gasteiger partial charge in [0.25, 0.3) is 5.91 Å². The molecular formula is C16H20N2O3S. The summed E-state index contributed by atoms with van der Waals surface area (Å²) in [7, 11) is 1.62. The molecule has 2 N–H and O–H groups in total. The van der Waals surface area contributed by atoms with Crippen LogP contribution in [0.3, 0.4) is 0 Å². The highest BCUT2D eigenvalue weighted by Gasteiger charge is 2.26. The Kier molecular flexibility index (Phi) is 5.04. The summed E-state index contributed by atoms with van der Waals surface area (Å²) in [5.41, 5.74) is 1.00. The van der Waals surface area contributed by atoms with Gasteiger partial charge >= 0.3 is 0 Å². The van der Waals surface area contributed by atoms with Crippen molar-refractivity contribution in [2.24, 2.45) is 0 Å². The summed E-state index contributed by atoms with van der Waals surface area (Å²) in [6.07, 6.45) is -0.0759. The second kappa shape index (κ2) is 7.19. The van der Waals surface area contributed by atoms with Crippen LogP contribution in [0.1, 0.15) is 21.3 Å². The van der Waals surface area contributed by atoms with Crippen LogP contribution in [0.2, 0.25) is 0 Å². The molecule has 3 rings (SSSR count). The van der Waals surface area contributed by atoms with Crippen LogP contribution >= 0.6 is 11.3 Å². The van der Waals surface area contributed by atoms with Crippen LogP contribution < -0.4 is 10.6 Å². The van der Waals surface area contributed by atoms with Crippen LogP contribution in [-0.4, -0.2) is 45.9 Å². The molecule has 5 nitrogen and oxygen atoms in total. The molecule has 118 valence electrons. The fraction of sp³-hybridized carbons (Fsp3) is 0.438. The van der Waals surface area contributed by atoms with Crippen LogP contribution in [0.4, 0.5) is 0 Å². The van der Waals surface area contributed by atoms with E-state index in [1.807, 2.05) is 18.2 Å². The lowest BCUT2D eigenvalue weighted by Crippen LogP contribution is -2.34. The maximum Gasteiger partial charge on any atom is 0.261 e. The Morgan fingerprint density at radius 1 is 1.50 bits per heavy atom. The van der Waals surface area contributed by atoms with Crippen LogP contribution in [0.5, 0.6) is 0 Å². The van der Waals surface area contributed by atoms with E-state index in [1.54, 1.807) is 7.11 Å². The van der Waals surface area contributed by atoms with Crippen LogP contribution in [0.15, 0.2) is 24.3 Å². The summed E-state index contributed by atoms with van der Waals surface area (Å²) in [5.74, 6) is -0.0533. The minimum Gasteiger partial charge on any atom is -0.383 e. The van der Waals surface area contributed by atoms with E-state index in [9.17, 15) is 4.79 Å². The topological polar surface area (TPSA) is 59.6 Å². The molecule has 1 aliphatic heterocycles. The smallest absolute Gasteiger partial charge is 0.261 e. The Morgan fingerprint density at radius 3 is 3.14 bits per heavy atom. The molecule has 0 unspecified atom stereocenters. The average Bonchev–Trinajstić information content (AvgIpc) is 2.95. The normalized spacial score (nSPS) is 18.5. The zero-order valence-electron chi connectivity index (χ0n) is 12.6. The molecule has 1 saturated heterocycles. The van der Waals surface area contributed by atoms with Crippen molar-refractivity contribution in [2.75, 3.05) is 40.0 Å². The summed E-state index contributed by atoms with van der Waals surface area (Å²) in [6.45, 7) is 3.27. The number of methoxy groups -OCH3 is 1. The maximum atomic E-state index is 12.5. The van der Waals surface area contributed by atoms with Gasteiger partial charge in [-0.05, 0) is 11.5 Å². The van der Waals surface area contributed by atoms with Crippen molar-refractivity contribution in [1.29, 1.82) is 0 Å². The highest BCUT2D eigenvalue weighted by molar-refractivity contribution is 7.21. The number of hydrogen-bond donors (Lipinski definition) is 2. The first-order valence-corrected chi connectivity index (χ1v) is 8.24. The maximum absolute atomic E-state index is 12.5. The van der Waals surface area contributed by atoms with Crippen molar-refractivity contribution in [3.8, 4) is 0 Å². The monoisotopic (exact) mass is 320 g/mol. The van der Waals surface area contributed by atoms with Gasteiger partial charge in [0, 0.05) is 37.0 Å². The number of carbonyl (C=O) groups excluding carboxylic acids is 1. The lowest BCUT2D eigenvalue weighted by Gasteiger charge is -2.24. The van der Waals surface area contributed by atoms with Crippen molar-refractivity contribution < 1.29 is 14.3 Å². The van der Waals surface area contributed by atoms with Gasteiger partial charge in [0.05, 0.1) is 24.2 Å². The minimum atomic E-state index is -0.0759. The molecule has 1 atom stereocenters. The van der Waals surface area contributed by atoms with Gasteiger partial charge in [-0.3, -0.25) is 4.79 Å². The SMILES string of the molecule is COCCNC(=O)c1sc2ccccc2c1[C@H]1CNCCO1. The van der Waals surface area contributed by atoms with Crippen molar-refractivity contribution in [2.45, 2.75) is 6.10 Å². The lowest BCUT2D eigenvalue weighted by molar-refractivity contribution is 0.0282. The van der Waals surface area contributed by atoms with Crippen LogP contribution in [0, 0.1) is 0 Å². The van der Waals surface area contributed by atoms with Crippen molar-refractivity contribution >= 4 is 27.3 Å². The number of fused-ring (bicyclic) bond motifs is 1. The third-order valence-corrected chi connectivity index (χ3v) is 4.87. The predicted octanol–water partition coefficient (Wildman–Crippen LogP) is 1.94. The second-order valence-corrected chi connectivity index (χ2v) is 6.21. The molecule has 1 aromatic carbocycles. The van der Waals surface area contributed by atoms with E-state index in [0.717, 1.165) is 33.6 Å². The zero-order chi connectivity index (χ0) is 15.4. The highest BCUT2D eigenvalue weighted by Crippen LogP contribution is 2.37. The Hall–Kier alpha value is -1.47. The molecule has 1 aliphatic rings. The zero-order valence-corrected chi connectivity index (χ0v) is 13.4. The summed E-state index contributed by atoms with van der Waals surface area (Å²) < 4.78 is 12.0. The Bertz CT molecular complexity index is 650. The number of thiophene rings is 1. The second-order valence-electron chi connectivity index (χ2n) is 5.15. The molecule has 1 fully saturated rings. The van der Waals surface area contributed by atoms with Gasteiger partial charge in [0.1, 0.15) is 0 Å².